The van der Waals surface area contributed by atoms with Gasteiger partial charge in [-0.1, -0.05) is 32.9 Å². The molecule has 0 saturated carbocycles. The molecule has 0 spiro atoms. The molecule has 5 atom stereocenters. The maximum atomic E-state index is 12.8. The van der Waals surface area contributed by atoms with Gasteiger partial charge in [-0.2, -0.15) is 0 Å². The maximum absolute atomic E-state index is 12.8. The summed E-state index contributed by atoms with van der Waals surface area (Å²) in [6.07, 6.45) is 5.62. The van der Waals surface area contributed by atoms with Gasteiger partial charge < -0.3 is 19.9 Å². The zero-order valence-corrected chi connectivity index (χ0v) is 19.5. The smallest absolute Gasteiger partial charge is 0.220 e. The molecule has 0 aromatic carbocycles. The van der Waals surface area contributed by atoms with Crippen LogP contribution in [0.3, 0.4) is 0 Å². The van der Waals surface area contributed by atoms with Crippen molar-refractivity contribution in [2.75, 3.05) is 31.6 Å². The number of nitrogens with one attached hydrogen (secondary N) is 1. The molecule has 3 aliphatic rings. The topological polar surface area (TPSA) is 57.7 Å². The number of likely N-dealkylation sites (tertiary alicyclic amines) is 1. The summed E-state index contributed by atoms with van der Waals surface area (Å²) < 4.78 is 5.57. The minimum absolute atomic E-state index is 0.0748. The van der Waals surface area contributed by atoms with Gasteiger partial charge in [0.05, 0.1) is 25.3 Å². The second-order valence-corrected chi connectivity index (χ2v) is 9.19. The summed E-state index contributed by atoms with van der Waals surface area (Å²) in [6.45, 7) is 13.8. The van der Waals surface area contributed by atoms with Gasteiger partial charge in [0.15, 0.2) is 0 Å². The average molecular weight is 425 g/mol. The van der Waals surface area contributed by atoms with Gasteiger partial charge in [-0.3, -0.25) is 4.79 Å². The van der Waals surface area contributed by atoms with Gasteiger partial charge in [0.2, 0.25) is 5.91 Å². The summed E-state index contributed by atoms with van der Waals surface area (Å²) in [5.41, 5.74) is 3.56. The van der Waals surface area contributed by atoms with Crippen molar-refractivity contribution in [1.29, 1.82) is 0 Å². The molecule has 1 N–H and O–H groups in total. The molecule has 31 heavy (non-hydrogen) atoms. The molecule has 1 aromatic rings. The van der Waals surface area contributed by atoms with Crippen LogP contribution in [0, 0.1) is 18.8 Å². The van der Waals surface area contributed by atoms with E-state index in [4.69, 9.17) is 9.72 Å². The second-order valence-electron chi connectivity index (χ2n) is 9.19. The number of hydrogen-bond donors (Lipinski definition) is 1. The Bertz CT molecular complexity index is 874. The van der Waals surface area contributed by atoms with E-state index in [1.54, 1.807) is 6.92 Å². The summed E-state index contributed by atoms with van der Waals surface area (Å²) in [5, 5.41) is 3.75. The van der Waals surface area contributed by atoms with Crippen LogP contribution in [0.1, 0.15) is 39.8 Å². The van der Waals surface area contributed by atoms with E-state index in [-0.39, 0.29) is 35.9 Å². The van der Waals surface area contributed by atoms with Crippen molar-refractivity contribution in [2.24, 2.45) is 11.8 Å². The maximum Gasteiger partial charge on any atom is 0.220 e. The molecule has 6 nitrogen and oxygen atoms in total. The first-order valence-corrected chi connectivity index (χ1v) is 11.7. The fraction of sp³-hybridized carbons (Fsp3) is 0.600. The van der Waals surface area contributed by atoms with Gasteiger partial charge in [-0.15, -0.1) is 0 Å². The standard InChI is InChI=1S/C25H36N4O2/c1-6-22-18(4)24(27-23-9-7-8-17(3)26-23)21-15-20(28-10-12-31-13-11-28)14-16(2)25(21)29(22)19(5)30/h7-9,14-16,18,22,24-25H,6,10-13H2,1-5H3,(H,26,27). The van der Waals surface area contributed by atoms with Crippen LogP contribution in [-0.4, -0.2) is 65.1 Å². The normalized spacial score (nSPS) is 30.9. The number of nitrogens with zero attached hydrogens (tertiary/aromatic N) is 3. The predicted molar refractivity (Wildman–Crippen MR) is 124 cm³/mol. The first-order valence-electron chi connectivity index (χ1n) is 11.7. The Morgan fingerprint density at radius 1 is 1.26 bits per heavy atom. The van der Waals surface area contributed by atoms with E-state index >= 15 is 0 Å². The van der Waals surface area contributed by atoms with Crippen LogP contribution >= 0.6 is 0 Å². The number of allylic oxidation sites excluding steroid dienone is 1. The number of anilines is 1. The average Bonchev–Trinajstić information content (AvgIpc) is 2.75. The van der Waals surface area contributed by atoms with E-state index in [0.29, 0.717) is 0 Å². The van der Waals surface area contributed by atoms with Crippen LogP contribution in [0.2, 0.25) is 0 Å². The van der Waals surface area contributed by atoms with Crippen molar-refractivity contribution in [3.63, 3.8) is 0 Å². The van der Waals surface area contributed by atoms with Crippen LogP contribution in [0.5, 0.6) is 0 Å². The van der Waals surface area contributed by atoms with Gasteiger partial charge in [-0.25, -0.2) is 4.98 Å². The number of carbonyl (C=O) groups excluding carboxylic acids is 1. The van der Waals surface area contributed by atoms with Crippen molar-refractivity contribution >= 4 is 11.7 Å². The third-order valence-electron chi connectivity index (χ3n) is 7.09. The van der Waals surface area contributed by atoms with E-state index in [1.807, 2.05) is 25.1 Å². The van der Waals surface area contributed by atoms with Gasteiger partial charge in [0.25, 0.3) is 0 Å². The van der Waals surface area contributed by atoms with E-state index in [1.165, 1.54) is 11.3 Å². The largest absolute Gasteiger partial charge is 0.378 e. The lowest BCUT2D eigenvalue weighted by Gasteiger charge is -2.53. The van der Waals surface area contributed by atoms with Crippen molar-refractivity contribution in [3.8, 4) is 0 Å². The lowest BCUT2D eigenvalue weighted by atomic mass is 9.72. The number of aryl methyl sites for hydroxylation is 1. The number of piperidine rings is 1. The molecule has 3 heterocycles. The number of aromatic nitrogens is 1. The van der Waals surface area contributed by atoms with E-state index in [2.05, 4.69) is 48.0 Å². The number of carbonyl (C=O) groups is 1. The summed E-state index contributed by atoms with van der Waals surface area (Å²) in [4.78, 5) is 22.1. The van der Waals surface area contributed by atoms with E-state index in [9.17, 15) is 4.79 Å². The highest BCUT2D eigenvalue weighted by Crippen LogP contribution is 2.42. The van der Waals surface area contributed by atoms with Crippen LogP contribution < -0.4 is 5.32 Å². The third-order valence-corrected chi connectivity index (χ3v) is 7.09. The molecule has 0 bridgehead atoms. The zero-order chi connectivity index (χ0) is 22.1. The van der Waals surface area contributed by atoms with Crippen LogP contribution in [0.25, 0.3) is 0 Å². The van der Waals surface area contributed by atoms with Crippen molar-refractivity contribution in [2.45, 2.75) is 59.2 Å². The fourth-order valence-corrected chi connectivity index (χ4v) is 5.65. The van der Waals surface area contributed by atoms with Crippen LogP contribution in [-0.2, 0) is 9.53 Å². The molecule has 168 valence electrons. The molecule has 1 amide bonds. The quantitative estimate of drug-likeness (QED) is 0.800. The molecule has 6 heteroatoms. The first-order chi connectivity index (χ1) is 14.9. The van der Waals surface area contributed by atoms with Gasteiger partial charge >= 0.3 is 0 Å². The molecule has 0 radical (unpaired) electrons. The third kappa shape index (κ3) is 4.22. The Labute approximate surface area is 186 Å². The highest BCUT2D eigenvalue weighted by Gasteiger charge is 2.47. The summed E-state index contributed by atoms with van der Waals surface area (Å²) >= 11 is 0. The number of amides is 1. The minimum atomic E-state index is 0.0748. The van der Waals surface area contributed by atoms with E-state index < -0.39 is 0 Å². The Morgan fingerprint density at radius 3 is 2.65 bits per heavy atom. The number of fused-ring (bicyclic) bond motifs is 1. The van der Waals surface area contributed by atoms with Crippen molar-refractivity contribution < 1.29 is 9.53 Å². The number of pyridine rings is 1. The monoisotopic (exact) mass is 424 g/mol. The SMILES string of the molecule is CCC1C(C)C(Nc2cccc(C)n2)C2=CC(N3CCOCC3)=CC(C)C2N1C(C)=O. The summed E-state index contributed by atoms with van der Waals surface area (Å²) in [6, 6.07) is 6.51. The number of ether oxygens (including phenoxy) is 1. The Morgan fingerprint density at radius 2 is 2.00 bits per heavy atom. The Hall–Kier alpha value is -2.34. The molecular formula is C25H36N4O2. The van der Waals surface area contributed by atoms with Gasteiger partial charge in [0, 0.05) is 49.3 Å². The van der Waals surface area contributed by atoms with Crippen LogP contribution in [0.4, 0.5) is 5.82 Å². The predicted octanol–water partition coefficient (Wildman–Crippen LogP) is 3.61. The number of morpholine rings is 1. The van der Waals surface area contributed by atoms with Crippen LogP contribution in [0.15, 0.2) is 41.6 Å². The summed E-state index contributed by atoms with van der Waals surface area (Å²) in [7, 11) is 0. The number of hydrogen-bond acceptors (Lipinski definition) is 5. The lowest BCUT2D eigenvalue weighted by molar-refractivity contribution is -0.137. The van der Waals surface area contributed by atoms with Gasteiger partial charge in [0.1, 0.15) is 5.82 Å². The van der Waals surface area contributed by atoms with E-state index in [0.717, 1.165) is 44.2 Å². The zero-order valence-electron chi connectivity index (χ0n) is 19.5. The highest BCUT2D eigenvalue weighted by atomic mass is 16.5. The molecule has 5 unspecified atom stereocenters. The van der Waals surface area contributed by atoms with Crippen molar-refractivity contribution in [1.82, 2.24) is 14.8 Å². The molecule has 2 saturated heterocycles. The molecular weight excluding hydrogens is 388 g/mol. The lowest BCUT2D eigenvalue weighted by Crippen LogP contribution is -2.62. The highest BCUT2D eigenvalue weighted by molar-refractivity contribution is 5.75. The Kier molecular flexibility index (Phi) is 6.37. The summed E-state index contributed by atoms with van der Waals surface area (Å²) in [5.74, 6) is 1.59. The Balaban J connectivity index is 1.75. The fourth-order valence-electron chi connectivity index (χ4n) is 5.65. The molecule has 2 aliphatic heterocycles. The minimum Gasteiger partial charge on any atom is -0.378 e. The molecule has 1 aromatic heterocycles. The number of rotatable bonds is 4. The van der Waals surface area contributed by atoms with Gasteiger partial charge in [-0.05, 0) is 37.1 Å². The first kappa shape index (κ1) is 21.9. The molecule has 4 rings (SSSR count). The second kappa shape index (κ2) is 9.03. The molecule has 2 fully saturated rings. The molecule has 1 aliphatic carbocycles. The van der Waals surface area contributed by atoms with Crippen molar-refractivity contribution in [3.05, 3.63) is 47.3 Å².